The van der Waals surface area contributed by atoms with Crippen LogP contribution in [0.15, 0.2) is 36.4 Å². The Labute approximate surface area is 313 Å². The summed E-state index contributed by atoms with van der Waals surface area (Å²) < 4.78 is 16.5. The van der Waals surface area contributed by atoms with E-state index in [0.29, 0.717) is 33.4 Å². The lowest BCUT2D eigenvalue weighted by Crippen LogP contribution is -2.56. The first-order valence-electron chi connectivity index (χ1n) is 17.3. The van der Waals surface area contributed by atoms with Gasteiger partial charge in [-0.1, -0.05) is 35.8 Å². The molecule has 284 valence electrons. The first kappa shape index (κ1) is 38.3. The Morgan fingerprint density at radius 1 is 0.618 bits per heavy atom. The number of carboxylic acid groups (broad SMARTS) is 2. The minimum absolute atomic E-state index is 0.0375. The second-order valence-corrected chi connectivity index (χ2v) is 12.7. The van der Waals surface area contributed by atoms with E-state index >= 15 is 0 Å². The van der Waals surface area contributed by atoms with E-state index in [4.69, 9.17) is 14.2 Å². The fourth-order valence-electron chi connectivity index (χ4n) is 6.81. The molecule has 17 nitrogen and oxygen atoms in total. The minimum Gasteiger partial charge on any atom is -0.464 e. The number of benzene rings is 2. The Balaban J connectivity index is 0.893. The number of carbonyl (C=O) groups excluding carboxylic acids is 6. The summed E-state index contributed by atoms with van der Waals surface area (Å²) in [4.78, 5) is 101. The van der Waals surface area contributed by atoms with Gasteiger partial charge in [0.15, 0.2) is 0 Å². The topological polar surface area (TPSA) is 218 Å². The van der Waals surface area contributed by atoms with Crippen LogP contribution in [-0.2, 0) is 46.5 Å². The molecule has 55 heavy (non-hydrogen) atoms. The van der Waals surface area contributed by atoms with Crippen molar-refractivity contribution in [3.63, 3.8) is 0 Å². The maximum Gasteiger partial charge on any atom is 0.421 e. The molecule has 0 spiro atoms. The molecule has 2 atom stereocenters. The Morgan fingerprint density at radius 3 is 1.42 bits per heavy atom. The van der Waals surface area contributed by atoms with Crippen LogP contribution in [0, 0.1) is 23.7 Å². The number of carbonyl (C=O) groups is 8. The van der Waals surface area contributed by atoms with Crippen LogP contribution in [0.25, 0.3) is 0 Å². The summed E-state index contributed by atoms with van der Waals surface area (Å²) in [6, 6.07) is 7.88. The maximum atomic E-state index is 13.1. The standard InChI is InChI=1S/C38H34N4O13/c43-31-13-11-29(35(47)41(31)37(49)50)39-21-27-23(5-1-9-25(27)33(39)45)7-3-15-53-17-19-55-20-18-54-16-4-8-24-6-2-10-26-28(24)22-40(34(26)46)30-12-14-32(44)42(36(30)48)38(51)52/h1-2,5-6,9-10,29-30H,11-22H2,(H,49,50)(H,51,52). The third-order valence-electron chi connectivity index (χ3n) is 9.44. The van der Waals surface area contributed by atoms with E-state index < -0.39 is 59.7 Å². The molecule has 2 fully saturated rings. The molecule has 4 aliphatic heterocycles. The highest BCUT2D eigenvalue weighted by Crippen LogP contribution is 2.32. The quantitative estimate of drug-likeness (QED) is 0.200. The molecule has 2 saturated heterocycles. The van der Waals surface area contributed by atoms with Crippen molar-refractivity contribution >= 4 is 47.6 Å². The van der Waals surface area contributed by atoms with E-state index in [-0.39, 0.29) is 88.2 Å². The third-order valence-corrected chi connectivity index (χ3v) is 9.44. The van der Waals surface area contributed by atoms with Gasteiger partial charge in [-0.25, -0.2) is 9.59 Å². The molecule has 2 aromatic carbocycles. The number of piperidine rings is 2. The Kier molecular flexibility index (Phi) is 11.7. The zero-order valence-corrected chi connectivity index (χ0v) is 29.3. The van der Waals surface area contributed by atoms with E-state index in [2.05, 4.69) is 23.7 Å². The molecule has 2 N–H and O–H groups in total. The summed E-state index contributed by atoms with van der Waals surface area (Å²) >= 11 is 0. The molecule has 4 aliphatic rings. The van der Waals surface area contributed by atoms with E-state index in [1.165, 1.54) is 9.80 Å². The molecular formula is C38H34N4O13. The lowest BCUT2D eigenvalue weighted by Gasteiger charge is -2.33. The number of likely N-dealkylation sites (tertiary alicyclic amines) is 2. The second kappa shape index (κ2) is 16.7. The highest BCUT2D eigenvalue weighted by molar-refractivity contribution is 6.14. The number of imide groups is 6. The van der Waals surface area contributed by atoms with Crippen molar-refractivity contribution < 1.29 is 62.8 Å². The van der Waals surface area contributed by atoms with Gasteiger partial charge in [0.25, 0.3) is 23.6 Å². The van der Waals surface area contributed by atoms with Gasteiger partial charge in [-0.05, 0) is 48.2 Å². The van der Waals surface area contributed by atoms with Gasteiger partial charge in [0, 0.05) is 48.2 Å². The van der Waals surface area contributed by atoms with Crippen LogP contribution in [0.1, 0.15) is 68.7 Å². The summed E-state index contributed by atoms with van der Waals surface area (Å²) in [5.74, 6) is 7.38. The molecule has 0 radical (unpaired) electrons. The van der Waals surface area contributed by atoms with E-state index in [1.54, 1.807) is 36.4 Å². The van der Waals surface area contributed by atoms with Crippen LogP contribution in [0.3, 0.4) is 0 Å². The SMILES string of the molecule is O=C(O)N1C(=O)CCC(N2Cc3c(C#CCOCCOCCOCC#Cc4cccc5c4CN(C4CCC(=O)N(C(=O)O)C4=O)C5=O)cccc3C2=O)C1=O. The molecule has 2 unspecified atom stereocenters. The Morgan fingerprint density at radius 2 is 1.02 bits per heavy atom. The van der Waals surface area contributed by atoms with Crippen LogP contribution in [0.4, 0.5) is 9.59 Å². The predicted molar refractivity (Wildman–Crippen MR) is 185 cm³/mol. The molecule has 6 rings (SSSR count). The first-order valence-corrected chi connectivity index (χ1v) is 17.3. The van der Waals surface area contributed by atoms with Gasteiger partial charge in [-0.2, -0.15) is 9.80 Å². The fourth-order valence-corrected chi connectivity index (χ4v) is 6.81. The van der Waals surface area contributed by atoms with Crippen LogP contribution in [0.2, 0.25) is 0 Å². The van der Waals surface area contributed by atoms with Crippen molar-refractivity contribution in [2.75, 3.05) is 39.6 Å². The predicted octanol–water partition coefficient (Wildman–Crippen LogP) is 1.44. The van der Waals surface area contributed by atoms with Crippen molar-refractivity contribution in [3.8, 4) is 23.7 Å². The number of nitrogens with zero attached hydrogens (tertiary/aromatic N) is 4. The highest BCUT2D eigenvalue weighted by Gasteiger charge is 2.46. The van der Waals surface area contributed by atoms with Crippen LogP contribution < -0.4 is 0 Å². The summed E-state index contributed by atoms with van der Waals surface area (Å²) in [5.41, 5.74) is 3.07. The monoisotopic (exact) mass is 754 g/mol. The van der Waals surface area contributed by atoms with Gasteiger partial charge in [0.1, 0.15) is 25.3 Å². The molecule has 0 saturated carbocycles. The van der Waals surface area contributed by atoms with Gasteiger partial charge < -0.3 is 34.2 Å². The lowest BCUT2D eigenvalue weighted by molar-refractivity contribution is -0.150. The van der Waals surface area contributed by atoms with Gasteiger partial charge in [0.2, 0.25) is 11.8 Å². The second-order valence-electron chi connectivity index (χ2n) is 12.7. The number of hydrogen-bond acceptors (Lipinski definition) is 11. The Bertz CT molecular complexity index is 1960. The van der Waals surface area contributed by atoms with E-state index in [9.17, 15) is 48.6 Å². The van der Waals surface area contributed by atoms with Gasteiger partial charge >= 0.3 is 12.2 Å². The number of rotatable bonds is 10. The summed E-state index contributed by atoms with van der Waals surface area (Å²) in [5, 5.41) is 18.6. The summed E-state index contributed by atoms with van der Waals surface area (Å²) in [6.45, 7) is 1.32. The van der Waals surface area contributed by atoms with Crippen LogP contribution in [-0.4, -0.2) is 129 Å². The van der Waals surface area contributed by atoms with Crippen molar-refractivity contribution in [3.05, 3.63) is 69.8 Å². The molecule has 0 aliphatic carbocycles. The normalized spacial score (nSPS) is 19.2. The Hall–Kier alpha value is -6.40. The smallest absolute Gasteiger partial charge is 0.421 e. The zero-order chi connectivity index (χ0) is 39.2. The van der Waals surface area contributed by atoms with Gasteiger partial charge in [-0.15, -0.1) is 0 Å². The van der Waals surface area contributed by atoms with Crippen molar-refractivity contribution in [2.45, 2.75) is 50.9 Å². The average Bonchev–Trinajstić information content (AvgIpc) is 3.66. The van der Waals surface area contributed by atoms with Crippen LogP contribution in [0.5, 0.6) is 0 Å². The number of ether oxygens (including phenoxy) is 3. The summed E-state index contributed by atoms with van der Waals surface area (Å²) in [6.07, 6.45) is -3.60. The van der Waals surface area contributed by atoms with Crippen molar-refractivity contribution in [1.82, 2.24) is 19.6 Å². The fraction of sp³-hybridized carbons (Fsp3) is 0.368. The molecule has 0 aromatic heterocycles. The maximum absolute atomic E-state index is 13.1. The van der Waals surface area contributed by atoms with E-state index in [0.717, 1.165) is 0 Å². The highest BCUT2D eigenvalue weighted by atomic mass is 16.5. The number of amides is 8. The van der Waals surface area contributed by atoms with Crippen LogP contribution >= 0.6 is 0 Å². The molecule has 0 bridgehead atoms. The largest absolute Gasteiger partial charge is 0.464 e. The van der Waals surface area contributed by atoms with E-state index in [1.807, 2.05) is 0 Å². The number of hydrogen-bond donors (Lipinski definition) is 2. The average molecular weight is 755 g/mol. The molecular weight excluding hydrogens is 720 g/mol. The minimum atomic E-state index is -1.67. The lowest BCUT2D eigenvalue weighted by atomic mass is 10.0. The molecule has 4 heterocycles. The summed E-state index contributed by atoms with van der Waals surface area (Å²) in [7, 11) is 0. The first-order chi connectivity index (χ1) is 26.5. The number of fused-ring (bicyclic) bond motifs is 2. The zero-order valence-electron chi connectivity index (χ0n) is 29.3. The third kappa shape index (κ3) is 7.95. The van der Waals surface area contributed by atoms with Gasteiger partial charge in [-0.3, -0.25) is 28.8 Å². The molecule has 2 aromatic rings. The molecule has 8 amide bonds. The van der Waals surface area contributed by atoms with Crippen molar-refractivity contribution in [2.24, 2.45) is 0 Å². The molecule has 17 heteroatoms. The van der Waals surface area contributed by atoms with Crippen molar-refractivity contribution in [1.29, 1.82) is 0 Å². The van der Waals surface area contributed by atoms with Gasteiger partial charge in [0.05, 0.1) is 26.4 Å².